The number of nitrogens with two attached hydrogens (primary N) is 1. The van der Waals surface area contributed by atoms with E-state index >= 15 is 0 Å². The van der Waals surface area contributed by atoms with Crippen LogP contribution in [0.3, 0.4) is 0 Å². The monoisotopic (exact) mass is 253 g/mol. The number of aromatic carboxylic acids is 1. The number of anilines is 1. The van der Waals surface area contributed by atoms with E-state index in [2.05, 4.69) is 0 Å². The molecule has 3 N–H and O–H groups in total. The van der Waals surface area contributed by atoms with E-state index in [0.717, 1.165) is 24.3 Å². The predicted octanol–water partition coefficient (Wildman–Crippen LogP) is 2.24. The van der Waals surface area contributed by atoms with Gasteiger partial charge in [-0.15, -0.1) is 0 Å². The molecular weight excluding hydrogens is 238 g/mol. The topological polar surface area (TPSA) is 72.6 Å². The van der Waals surface area contributed by atoms with Gasteiger partial charge in [0, 0.05) is 0 Å². The fourth-order valence-electron chi connectivity index (χ4n) is 1.76. The first-order valence-corrected chi connectivity index (χ1v) is 6.69. The van der Waals surface area contributed by atoms with E-state index in [1.54, 1.807) is 6.07 Å². The molecule has 1 saturated heterocycles. The summed E-state index contributed by atoms with van der Waals surface area (Å²) in [6.07, 6.45) is 2.24. The van der Waals surface area contributed by atoms with Crippen LogP contribution < -0.4 is 10.5 Å². The Kier molecular flexibility index (Phi) is 3.78. The van der Waals surface area contributed by atoms with Gasteiger partial charge < -0.3 is 15.6 Å². The SMILES string of the molecule is Nc1cc(C(=O)O)ccc1OC1CCSCC1. The Labute approximate surface area is 104 Å². The summed E-state index contributed by atoms with van der Waals surface area (Å²) in [6, 6.07) is 4.60. The molecule has 0 atom stereocenters. The van der Waals surface area contributed by atoms with Crippen LogP contribution in [0.4, 0.5) is 5.69 Å². The maximum absolute atomic E-state index is 10.8. The highest BCUT2D eigenvalue weighted by Crippen LogP contribution is 2.27. The van der Waals surface area contributed by atoms with E-state index in [1.165, 1.54) is 12.1 Å². The summed E-state index contributed by atoms with van der Waals surface area (Å²) in [5, 5.41) is 8.82. The summed E-state index contributed by atoms with van der Waals surface area (Å²) < 4.78 is 5.79. The molecule has 0 amide bonds. The first-order valence-electron chi connectivity index (χ1n) is 5.54. The standard InChI is InChI=1S/C12H15NO3S/c13-10-7-8(12(14)15)1-2-11(10)16-9-3-5-17-6-4-9/h1-2,7,9H,3-6,13H2,(H,14,15). The number of hydrogen-bond acceptors (Lipinski definition) is 4. The lowest BCUT2D eigenvalue weighted by Crippen LogP contribution is -2.22. The van der Waals surface area contributed by atoms with Crippen LogP contribution in [-0.2, 0) is 0 Å². The minimum Gasteiger partial charge on any atom is -0.488 e. The van der Waals surface area contributed by atoms with Crippen LogP contribution in [0, 0.1) is 0 Å². The van der Waals surface area contributed by atoms with Gasteiger partial charge in [-0.2, -0.15) is 11.8 Å². The molecule has 92 valence electrons. The summed E-state index contributed by atoms with van der Waals surface area (Å²) in [7, 11) is 0. The quantitative estimate of drug-likeness (QED) is 0.808. The van der Waals surface area contributed by atoms with Crippen molar-refractivity contribution in [1.82, 2.24) is 0 Å². The van der Waals surface area contributed by atoms with Gasteiger partial charge in [0.05, 0.1) is 11.3 Å². The van der Waals surface area contributed by atoms with Crippen LogP contribution >= 0.6 is 11.8 Å². The number of nitrogen functional groups attached to an aromatic ring is 1. The molecule has 4 nitrogen and oxygen atoms in total. The van der Waals surface area contributed by atoms with Crippen LogP contribution in [0.5, 0.6) is 5.75 Å². The third-order valence-electron chi connectivity index (χ3n) is 2.72. The molecule has 1 aromatic rings. The molecule has 17 heavy (non-hydrogen) atoms. The summed E-state index contributed by atoms with van der Waals surface area (Å²) in [6.45, 7) is 0. The van der Waals surface area contributed by atoms with Crippen molar-refractivity contribution >= 4 is 23.4 Å². The number of rotatable bonds is 3. The van der Waals surface area contributed by atoms with Crippen molar-refractivity contribution in [3.63, 3.8) is 0 Å². The number of carboxylic acids is 1. The zero-order valence-corrected chi connectivity index (χ0v) is 10.2. The van der Waals surface area contributed by atoms with Gasteiger partial charge in [-0.3, -0.25) is 0 Å². The molecule has 0 aromatic heterocycles. The highest BCUT2D eigenvalue weighted by molar-refractivity contribution is 7.99. The summed E-state index contributed by atoms with van der Waals surface area (Å²) >= 11 is 1.93. The van der Waals surface area contributed by atoms with Crippen molar-refractivity contribution in [1.29, 1.82) is 0 Å². The fraction of sp³-hybridized carbons (Fsp3) is 0.417. The summed E-state index contributed by atoms with van der Waals surface area (Å²) in [5.41, 5.74) is 6.36. The maximum Gasteiger partial charge on any atom is 0.335 e. The lowest BCUT2D eigenvalue weighted by atomic mass is 10.1. The van der Waals surface area contributed by atoms with Crippen LogP contribution in [0.1, 0.15) is 23.2 Å². The zero-order chi connectivity index (χ0) is 12.3. The minimum absolute atomic E-state index is 0.189. The van der Waals surface area contributed by atoms with Crippen molar-refractivity contribution in [3.8, 4) is 5.75 Å². The molecule has 0 saturated carbocycles. The van der Waals surface area contributed by atoms with Gasteiger partial charge in [-0.25, -0.2) is 4.79 Å². The number of ether oxygens (including phenoxy) is 1. The number of hydrogen-bond donors (Lipinski definition) is 2. The highest BCUT2D eigenvalue weighted by Gasteiger charge is 2.16. The van der Waals surface area contributed by atoms with E-state index in [0.29, 0.717) is 11.4 Å². The predicted molar refractivity (Wildman–Crippen MR) is 68.8 cm³/mol. The Morgan fingerprint density at radius 2 is 2.12 bits per heavy atom. The van der Waals surface area contributed by atoms with Gasteiger partial charge in [0.1, 0.15) is 11.9 Å². The van der Waals surface area contributed by atoms with Crippen LogP contribution in [0.25, 0.3) is 0 Å². The summed E-state index contributed by atoms with van der Waals surface area (Å²) in [5.74, 6) is 1.83. The first kappa shape index (κ1) is 12.1. The molecule has 0 radical (unpaired) electrons. The second-order valence-corrected chi connectivity index (χ2v) is 5.21. The largest absolute Gasteiger partial charge is 0.488 e. The summed E-state index contributed by atoms with van der Waals surface area (Å²) in [4.78, 5) is 10.8. The smallest absolute Gasteiger partial charge is 0.335 e. The molecule has 1 aliphatic heterocycles. The second kappa shape index (κ2) is 5.31. The molecule has 0 bridgehead atoms. The average Bonchev–Trinajstić information content (AvgIpc) is 2.33. The van der Waals surface area contributed by atoms with Crippen molar-refractivity contribution in [2.75, 3.05) is 17.2 Å². The van der Waals surface area contributed by atoms with Gasteiger partial charge in [0.15, 0.2) is 0 Å². The second-order valence-electron chi connectivity index (χ2n) is 3.99. The van der Waals surface area contributed by atoms with E-state index in [9.17, 15) is 4.79 Å². The molecular formula is C12H15NO3S. The number of carbonyl (C=O) groups is 1. The lowest BCUT2D eigenvalue weighted by Gasteiger charge is -2.23. The molecule has 2 rings (SSSR count). The average molecular weight is 253 g/mol. The number of carboxylic acid groups (broad SMARTS) is 1. The molecule has 5 heteroatoms. The lowest BCUT2D eigenvalue weighted by molar-refractivity contribution is 0.0697. The van der Waals surface area contributed by atoms with E-state index in [4.69, 9.17) is 15.6 Å². The Morgan fingerprint density at radius 3 is 2.71 bits per heavy atom. The number of benzene rings is 1. The Hall–Kier alpha value is -1.36. The molecule has 1 aliphatic rings. The van der Waals surface area contributed by atoms with Crippen molar-refractivity contribution in [3.05, 3.63) is 23.8 Å². The molecule has 1 fully saturated rings. The normalized spacial score (nSPS) is 16.7. The Balaban J connectivity index is 2.08. The van der Waals surface area contributed by atoms with Crippen LogP contribution in [-0.4, -0.2) is 28.7 Å². The third kappa shape index (κ3) is 3.06. The molecule has 0 unspecified atom stereocenters. The van der Waals surface area contributed by atoms with E-state index in [-0.39, 0.29) is 11.7 Å². The van der Waals surface area contributed by atoms with Crippen molar-refractivity contribution < 1.29 is 14.6 Å². The zero-order valence-electron chi connectivity index (χ0n) is 9.39. The molecule has 0 spiro atoms. The van der Waals surface area contributed by atoms with Gasteiger partial charge in [0.25, 0.3) is 0 Å². The molecule has 1 heterocycles. The van der Waals surface area contributed by atoms with E-state index in [1.807, 2.05) is 11.8 Å². The number of thioether (sulfide) groups is 1. The van der Waals surface area contributed by atoms with Gasteiger partial charge in [-0.1, -0.05) is 0 Å². The van der Waals surface area contributed by atoms with Crippen LogP contribution in [0.2, 0.25) is 0 Å². The molecule has 0 aliphatic carbocycles. The Morgan fingerprint density at radius 1 is 1.41 bits per heavy atom. The van der Waals surface area contributed by atoms with Gasteiger partial charge in [0.2, 0.25) is 0 Å². The minimum atomic E-state index is -0.975. The van der Waals surface area contributed by atoms with E-state index < -0.39 is 5.97 Å². The van der Waals surface area contributed by atoms with Crippen molar-refractivity contribution in [2.45, 2.75) is 18.9 Å². The van der Waals surface area contributed by atoms with Gasteiger partial charge >= 0.3 is 5.97 Å². The highest BCUT2D eigenvalue weighted by atomic mass is 32.2. The third-order valence-corrected chi connectivity index (χ3v) is 3.77. The fourth-order valence-corrected chi connectivity index (χ4v) is 2.83. The molecule has 1 aromatic carbocycles. The first-order chi connectivity index (χ1) is 8.16. The van der Waals surface area contributed by atoms with Gasteiger partial charge in [-0.05, 0) is 42.5 Å². The maximum atomic E-state index is 10.8. The van der Waals surface area contributed by atoms with Crippen molar-refractivity contribution in [2.24, 2.45) is 0 Å². The van der Waals surface area contributed by atoms with Crippen LogP contribution in [0.15, 0.2) is 18.2 Å². The Bertz CT molecular complexity index is 416.